The smallest absolute Gasteiger partial charge is 0.246 e. The zero-order chi connectivity index (χ0) is 37.3. The first-order chi connectivity index (χ1) is 25.1. The molecule has 13 heteroatoms. The summed E-state index contributed by atoms with van der Waals surface area (Å²) in [6.45, 7) is 10.3. The van der Waals surface area contributed by atoms with E-state index in [0.717, 1.165) is 36.0 Å². The number of carbonyl (C=O) groups excluding carboxylic acids is 3. The number of fused-ring (bicyclic) bond motifs is 2. The van der Waals surface area contributed by atoms with Crippen LogP contribution in [0.15, 0.2) is 42.5 Å². The van der Waals surface area contributed by atoms with Crippen molar-refractivity contribution < 1.29 is 42.8 Å². The molecule has 0 spiro atoms. The highest BCUT2D eigenvalue weighted by molar-refractivity contribution is 5.93. The monoisotopic (exact) mass is 726 g/mol. The zero-order valence-electron chi connectivity index (χ0n) is 31.3. The van der Waals surface area contributed by atoms with Crippen LogP contribution in [0.2, 0.25) is 0 Å². The van der Waals surface area contributed by atoms with E-state index in [1.165, 1.54) is 12.7 Å². The minimum Gasteiger partial charge on any atom is -0.491 e. The van der Waals surface area contributed by atoms with Crippen LogP contribution in [-0.2, 0) is 57.5 Å². The molecule has 1 unspecified atom stereocenters. The second kappa shape index (κ2) is 21.2. The number of methoxy groups -OCH3 is 1. The molecule has 4 N–H and O–H groups in total. The molecule has 0 bridgehead atoms. The third kappa shape index (κ3) is 12.5. The molecule has 0 aromatic heterocycles. The molecular weight excluding hydrogens is 668 g/mol. The Hall–Kier alpha value is -3.59. The van der Waals surface area contributed by atoms with Crippen LogP contribution in [0.1, 0.15) is 61.9 Å². The molecule has 1 aliphatic carbocycles. The summed E-state index contributed by atoms with van der Waals surface area (Å²) in [6, 6.07) is 12.2. The number of ether oxygens (including phenoxy) is 6. The fraction of sp³-hybridized carbons (Fsp3) is 0.615. The second-order valence-corrected chi connectivity index (χ2v) is 14.2. The molecule has 288 valence electrons. The molecule has 0 radical (unpaired) electrons. The van der Waals surface area contributed by atoms with Crippen LogP contribution in [0.5, 0.6) is 5.75 Å². The van der Waals surface area contributed by atoms with Gasteiger partial charge in [-0.15, -0.1) is 0 Å². The van der Waals surface area contributed by atoms with Gasteiger partial charge in [0.2, 0.25) is 17.7 Å². The Kier molecular flexibility index (Phi) is 16.8. The molecule has 0 saturated heterocycles. The summed E-state index contributed by atoms with van der Waals surface area (Å²) < 4.78 is 32.9. The van der Waals surface area contributed by atoms with Crippen molar-refractivity contribution in [2.45, 2.75) is 71.1 Å². The molecule has 0 saturated carbocycles. The van der Waals surface area contributed by atoms with E-state index in [1.54, 1.807) is 4.90 Å². The van der Waals surface area contributed by atoms with Crippen molar-refractivity contribution in [2.75, 3.05) is 79.7 Å². The molecule has 0 fully saturated rings. The maximum Gasteiger partial charge on any atom is 0.246 e. The van der Waals surface area contributed by atoms with Crippen LogP contribution in [0, 0.1) is 5.41 Å². The van der Waals surface area contributed by atoms with Gasteiger partial charge >= 0.3 is 0 Å². The summed E-state index contributed by atoms with van der Waals surface area (Å²) in [4.78, 5) is 42.9. The standard InChI is InChI=1S/C39H58N4O9/c1-39(2,3)36(42-35(44)27-47-4)38(46)43-26-30-24-31(52-23-22-51-21-20-50-19-18-49-17-16-48-15-14-40)13-12-29(30)25-34(43)37(45)41-33-11-7-9-28-8-5-6-10-32(28)33/h5-6,8,10,12-13,24,33-34,36H,7,9,11,14-23,25-27,40H2,1-4H3,(H,41,45)(H,42,44)/t33-,34?,36-/m1/s1. The Balaban J connectivity index is 1.37. The van der Waals surface area contributed by atoms with Crippen molar-refractivity contribution in [2.24, 2.45) is 11.1 Å². The van der Waals surface area contributed by atoms with E-state index in [9.17, 15) is 14.4 Å². The van der Waals surface area contributed by atoms with Gasteiger partial charge in [0.1, 0.15) is 31.0 Å². The quantitative estimate of drug-likeness (QED) is 0.163. The van der Waals surface area contributed by atoms with Crippen LogP contribution in [0.25, 0.3) is 0 Å². The van der Waals surface area contributed by atoms with E-state index >= 15 is 0 Å². The predicted molar refractivity (Wildman–Crippen MR) is 196 cm³/mol. The molecule has 4 rings (SSSR count). The molecule has 13 nitrogen and oxygen atoms in total. The van der Waals surface area contributed by atoms with Crippen LogP contribution >= 0.6 is 0 Å². The van der Waals surface area contributed by atoms with E-state index in [1.807, 2.05) is 51.1 Å². The van der Waals surface area contributed by atoms with Gasteiger partial charge in [-0.3, -0.25) is 14.4 Å². The van der Waals surface area contributed by atoms with Crippen molar-refractivity contribution in [3.05, 3.63) is 64.7 Å². The highest BCUT2D eigenvalue weighted by Gasteiger charge is 2.42. The number of hydrogen-bond donors (Lipinski definition) is 3. The number of nitrogens with two attached hydrogens (primary N) is 1. The van der Waals surface area contributed by atoms with Gasteiger partial charge in [-0.25, -0.2) is 0 Å². The second-order valence-electron chi connectivity index (χ2n) is 14.2. The van der Waals surface area contributed by atoms with Crippen LogP contribution < -0.4 is 21.1 Å². The van der Waals surface area contributed by atoms with Gasteiger partial charge in [-0.2, -0.15) is 0 Å². The lowest BCUT2D eigenvalue weighted by Gasteiger charge is -2.41. The average molecular weight is 727 g/mol. The van der Waals surface area contributed by atoms with Gasteiger partial charge in [0.15, 0.2) is 0 Å². The van der Waals surface area contributed by atoms with Crippen molar-refractivity contribution >= 4 is 17.7 Å². The third-order valence-corrected chi connectivity index (χ3v) is 9.15. The lowest BCUT2D eigenvalue weighted by Crippen LogP contribution is -2.61. The number of rotatable bonds is 21. The summed E-state index contributed by atoms with van der Waals surface area (Å²) in [7, 11) is 1.43. The Bertz CT molecular complexity index is 1430. The minimum atomic E-state index is -0.878. The van der Waals surface area contributed by atoms with Gasteiger partial charge in [-0.05, 0) is 59.1 Å². The topological polar surface area (TPSA) is 160 Å². The summed E-state index contributed by atoms with van der Waals surface area (Å²) in [5.74, 6) is -0.289. The maximum atomic E-state index is 14.4. The lowest BCUT2D eigenvalue weighted by molar-refractivity contribution is -0.147. The van der Waals surface area contributed by atoms with Crippen molar-refractivity contribution in [3.63, 3.8) is 0 Å². The van der Waals surface area contributed by atoms with E-state index < -0.39 is 23.4 Å². The van der Waals surface area contributed by atoms with Crippen LogP contribution in [-0.4, -0.2) is 114 Å². The fourth-order valence-electron chi connectivity index (χ4n) is 6.50. The number of amides is 3. The van der Waals surface area contributed by atoms with Crippen LogP contribution in [0.3, 0.4) is 0 Å². The number of benzene rings is 2. The molecular formula is C39H58N4O9. The molecule has 3 atom stereocenters. The fourth-order valence-corrected chi connectivity index (χ4v) is 6.50. The Morgan fingerprint density at radius 2 is 1.52 bits per heavy atom. The SMILES string of the molecule is COCC(=O)N[C@H](C(=O)N1Cc2cc(OCCOCCOCCOCCOCCN)ccc2CC1C(=O)N[C@@H]1CCCc2ccccc21)C(C)(C)C. The summed E-state index contributed by atoms with van der Waals surface area (Å²) >= 11 is 0. The van der Waals surface area contributed by atoms with Crippen LogP contribution in [0.4, 0.5) is 0 Å². The molecule has 52 heavy (non-hydrogen) atoms. The van der Waals surface area contributed by atoms with Crippen molar-refractivity contribution in [1.82, 2.24) is 15.5 Å². The number of aryl methyl sites for hydroxylation is 1. The normalized spacial score (nSPS) is 17.5. The van der Waals surface area contributed by atoms with Crippen molar-refractivity contribution in [1.29, 1.82) is 0 Å². The zero-order valence-corrected chi connectivity index (χ0v) is 31.3. The number of carbonyl (C=O) groups is 3. The third-order valence-electron chi connectivity index (χ3n) is 9.15. The highest BCUT2D eigenvalue weighted by atomic mass is 16.6. The first-order valence-corrected chi connectivity index (χ1v) is 18.3. The molecule has 1 heterocycles. The van der Waals surface area contributed by atoms with Gasteiger partial charge in [-0.1, -0.05) is 51.1 Å². The number of nitrogens with zero attached hydrogens (tertiary/aromatic N) is 1. The largest absolute Gasteiger partial charge is 0.491 e. The average Bonchev–Trinajstić information content (AvgIpc) is 3.13. The summed E-state index contributed by atoms with van der Waals surface area (Å²) in [5.41, 5.74) is 8.96. The first kappa shape index (κ1) is 41.2. The molecule has 2 aromatic rings. The van der Waals surface area contributed by atoms with Gasteiger partial charge in [0, 0.05) is 26.6 Å². The highest BCUT2D eigenvalue weighted by Crippen LogP contribution is 2.33. The Morgan fingerprint density at radius 1 is 0.865 bits per heavy atom. The van der Waals surface area contributed by atoms with Gasteiger partial charge in [0.05, 0.1) is 58.9 Å². The maximum absolute atomic E-state index is 14.4. The van der Waals surface area contributed by atoms with E-state index in [4.69, 9.17) is 34.2 Å². The number of nitrogens with one attached hydrogen (secondary N) is 2. The summed E-state index contributed by atoms with van der Waals surface area (Å²) in [5, 5.41) is 6.14. The Labute approximate surface area is 308 Å². The van der Waals surface area contributed by atoms with Gasteiger partial charge < -0.3 is 49.7 Å². The van der Waals surface area contributed by atoms with E-state index in [2.05, 4.69) is 22.8 Å². The lowest BCUT2D eigenvalue weighted by atomic mass is 9.84. The molecule has 1 aliphatic heterocycles. The van der Waals surface area contributed by atoms with Gasteiger partial charge in [0.25, 0.3) is 0 Å². The number of hydrogen-bond acceptors (Lipinski definition) is 10. The van der Waals surface area contributed by atoms with Crippen molar-refractivity contribution in [3.8, 4) is 5.75 Å². The van der Waals surface area contributed by atoms with E-state index in [-0.39, 0.29) is 31.0 Å². The molecule has 2 aromatic carbocycles. The molecule has 3 amide bonds. The predicted octanol–water partition coefficient (Wildman–Crippen LogP) is 2.71. The molecule has 2 aliphatic rings. The van der Waals surface area contributed by atoms with E-state index in [0.29, 0.717) is 78.2 Å². The first-order valence-electron chi connectivity index (χ1n) is 18.3. The summed E-state index contributed by atoms with van der Waals surface area (Å²) in [6.07, 6.45) is 3.11. The minimum absolute atomic E-state index is 0.133. The Morgan fingerprint density at radius 3 is 2.17 bits per heavy atom.